The summed E-state index contributed by atoms with van der Waals surface area (Å²) in [5.41, 5.74) is 6.76. The van der Waals surface area contributed by atoms with Gasteiger partial charge in [-0.25, -0.2) is 4.79 Å². The number of carbonyl (C=O) groups is 2. The van der Waals surface area contributed by atoms with Gasteiger partial charge in [0.25, 0.3) is 5.91 Å². The van der Waals surface area contributed by atoms with Gasteiger partial charge in [-0.15, -0.1) is 11.3 Å². The Kier molecular flexibility index (Phi) is 3.20. The molecule has 0 bridgehead atoms. The zero-order valence-corrected chi connectivity index (χ0v) is 10.8. The van der Waals surface area contributed by atoms with Gasteiger partial charge in [-0.3, -0.25) is 4.79 Å². The number of fused-ring (bicyclic) bond motifs is 1. The second kappa shape index (κ2) is 4.66. The first-order chi connectivity index (χ1) is 8.58. The standard InChI is InChI=1S/C12H12N2O3S/c1-14-11(15)6-3-4-8-7(5-6)9(13)10(18-8)12(16)17-2/h3-5H,13H2,1-2H3,(H,14,15). The summed E-state index contributed by atoms with van der Waals surface area (Å²) < 4.78 is 5.51. The third-order valence-corrected chi connectivity index (χ3v) is 3.75. The van der Waals surface area contributed by atoms with Crippen LogP contribution in [0.4, 0.5) is 5.69 Å². The molecule has 0 radical (unpaired) electrons. The van der Waals surface area contributed by atoms with Crippen molar-refractivity contribution in [1.29, 1.82) is 0 Å². The van der Waals surface area contributed by atoms with Crippen molar-refractivity contribution < 1.29 is 14.3 Å². The van der Waals surface area contributed by atoms with Crippen molar-refractivity contribution in [1.82, 2.24) is 5.32 Å². The molecule has 1 amide bonds. The van der Waals surface area contributed by atoms with Crippen LogP contribution in [0.5, 0.6) is 0 Å². The quantitative estimate of drug-likeness (QED) is 0.808. The third kappa shape index (κ3) is 1.91. The Morgan fingerprint density at radius 2 is 2.11 bits per heavy atom. The zero-order valence-electron chi connectivity index (χ0n) is 9.94. The number of thiophene rings is 1. The lowest BCUT2D eigenvalue weighted by molar-refractivity contribution is 0.0607. The minimum Gasteiger partial charge on any atom is -0.465 e. The number of ether oxygens (including phenoxy) is 1. The predicted octanol–water partition coefficient (Wildman–Crippen LogP) is 1.63. The highest BCUT2D eigenvalue weighted by molar-refractivity contribution is 7.21. The van der Waals surface area contributed by atoms with Gasteiger partial charge in [0, 0.05) is 22.7 Å². The lowest BCUT2D eigenvalue weighted by atomic mass is 10.1. The number of nitrogens with two attached hydrogens (primary N) is 1. The first-order valence-corrected chi connectivity index (χ1v) is 6.02. The van der Waals surface area contributed by atoms with E-state index in [9.17, 15) is 9.59 Å². The molecule has 1 aromatic carbocycles. The van der Waals surface area contributed by atoms with Crippen LogP contribution in [0.15, 0.2) is 18.2 Å². The molecule has 1 aromatic heterocycles. The number of esters is 1. The molecule has 0 saturated carbocycles. The first kappa shape index (κ1) is 12.4. The highest BCUT2D eigenvalue weighted by Gasteiger charge is 2.17. The first-order valence-electron chi connectivity index (χ1n) is 5.21. The minimum absolute atomic E-state index is 0.192. The SMILES string of the molecule is CNC(=O)c1ccc2sc(C(=O)OC)c(N)c2c1. The fourth-order valence-corrected chi connectivity index (χ4v) is 2.67. The summed E-state index contributed by atoms with van der Waals surface area (Å²) >= 11 is 1.25. The molecular formula is C12H12N2O3S. The molecule has 0 saturated heterocycles. The number of nitrogens with one attached hydrogen (secondary N) is 1. The van der Waals surface area contributed by atoms with Gasteiger partial charge in [0.1, 0.15) is 4.88 Å². The molecular weight excluding hydrogens is 252 g/mol. The van der Waals surface area contributed by atoms with Crippen LogP contribution in [0.1, 0.15) is 20.0 Å². The second-order valence-electron chi connectivity index (χ2n) is 3.63. The summed E-state index contributed by atoms with van der Waals surface area (Å²) in [6.45, 7) is 0. The summed E-state index contributed by atoms with van der Waals surface area (Å²) in [5.74, 6) is -0.655. The van der Waals surface area contributed by atoms with Crippen LogP contribution in [-0.2, 0) is 4.74 Å². The second-order valence-corrected chi connectivity index (χ2v) is 4.68. The highest BCUT2D eigenvalue weighted by Crippen LogP contribution is 2.34. The van der Waals surface area contributed by atoms with Gasteiger partial charge < -0.3 is 15.8 Å². The Labute approximate surface area is 108 Å². The van der Waals surface area contributed by atoms with E-state index >= 15 is 0 Å². The molecule has 0 spiro atoms. The van der Waals surface area contributed by atoms with Crippen LogP contribution in [-0.4, -0.2) is 26.0 Å². The van der Waals surface area contributed by atoms with E-state index in [2.05, 4.69) is 10.1 Å². The topological polar surface area (TPSA) is 81.4 Å². The molecule has 0 aliphatic heterocycles. The monoisotopic (exact) mass is 264 g/mol. The van der Waals surface area contributed by atoms with Gasteiger partial charge >= 0.3 is 5.97 Å². The largest absolute Gasteiger partial charge is 0.465 e. The summed E-state index contributed by atoms with van der Waals surface area (Å²) in [7, 11) is 2.87. The highest BCUT2D eigenvalue weighted by atomic mass is 32.1. The number of hydrogen-bond donors (Lipinski definition) is 2. The zero-order chi connectivity index (χ0) is 13.3. The van der Waals surface area contributed by atoms with E-state index in [0.717, 1.165) is 4.70 Å². The predicted molar refractivity (Wildman–Crippen MR) is 71.0 cm³/mol. The van der Waals surface area contributed by atoms with Gasteiger partial charge in [-0.1, -0.05) is 0 Å². The summed E-state index contributed by atoms with van der Waals surface area (Å²) in [5, 5.41) is 3.23. The normalized spacial score (nSPS) is 10.3. The smallest absolute Gasteiger partial charge is 0.350 e. The van der Waals surface area contributed by atoms with E-state index in [1.165, 1.54) is 18.4 Å². The molecule has 0 unspecified atom stereocenters. The minimum atomic E-state index is -0.463. The molecule has 0 fully saturated rings. The summed E-state index contributed by atoms with van der Waals surface area (Å²) in [6.07, 6.45) is 0. The Hall–Kier alpha value is -2.08. The van der Waals surface area contributed by atoms with Crippen LogP contribution in [0.3, 0.4) is 0 Å². The van der Waals surface area contributed by atoms with Gasteiger partial charge in [0.05, 0.1) is 12.8 Å². The average Bonchev–Trinajstić information content (AvgIpc) is 2.74. The van der Waals surface area contributed by atoms with E-state index in [1.54, 1.807) is 25.2 Å². The lowest BCUT2D eigenvalue weighted by Gasteiger charge is -2.00. The van der Waals surface area contributed by atoms with Crippen molar-refractivity contribution in [2.45, 2.75) is 0 Å². The maximum Gasteiger partial charge on any atom is 0.350 e. The van der Waals surface area contributed by atoms with Gasteiger partial charge in [0.2, 0.25) is 0 Å². The number of benzene rings is 1. The van der Waals surface area contributed by atoms with Crippen molar-refractivity contribution >= 4 is 39.0 Å². The molecule has 2 aromatic rings. The molecule has 0 aliphatic carbocycles. The van der Waals surface area contributed by atoms with Crippen molar-refractivity contribution in [3.63, 3.8) is 0 Å². The van der Waals surface area contributed by atoms with E-state index in [0.29, 0.717) is 21.5 Å². The number of nitrogen functional groups attached to an aromatic ring is 1. The molecule has 5 nitrogen and oxygen atoms in total. The molecule has 18 heavy (non-hydrogen) atoms. The van der Waals surface area contributed by atoms with Crippen molar-refractivity contribution in [2.75, 3.05) is 19.9 Å². The van der Waals surface area contributed by atoms with Gasteiger partial charge in [0.15, 0.2) is 0 Å². The van der Waals surface area contributed by atoms with Crippen LogP contribution in [0.2, 0.25) is 0 Å². The van der Waals surface area contributed by atoms with Gasteiger partial charge in [-0.2, -0.15) is 0 Å². The molecule has 94 valence electrons. The van der Waals surface area contributed by atoms with Crippen LogP contribution >= 0.6 is 11.3 Å². The van der Waals surface area contributed by atoms with E-state index < -0.39 is 5.97 Å². The summed E-state index contributed by atoms with van der Waals surface area (Å²) in [6, 6.07) is 5.14. The number of hydrogen-bond acceptors (Lipinski definition) is 5. The maximum atomic E-state index is 11.5. The van der Waals surface area contributed by atoms with Gasteiger partial charge in [-0.05, 0) is 18.2 Å². The Bertz CT molecular complexity index is 634. The van der Waals surface area contributed by atoms with E-state index in [1.807, 2.05) is 0 Å². The van der Waals surface area contributed by atoms with Crippen LogP contribution < -0.4 is 11.1 Å². The number of anilines is 1. The number of carbonyl (C=O) groups excluding carboxylic acids is 2. The number of methoxy groups -OCH3 is 1. The lowest BCUT2D eigenvalue weighted by Crippen LogP contribution is -2.17. The number of amides is 1. The molecule has 2 rings (SSSR count). The van der Waals surface area contributed by atoms with Crippen molar-refractivity contribution in [3.05, 3.63) is 28.6 Å². The molecule has 6 heteroatoms. The Balaban J connectivity index is 2.60. The molecule has 1 heterocycles. The fourth-order valence-electron chi connectivity index (χ4n) is 1.65. The Morgan fingerprint density at radius 1 is 1.39 bits per heavy atom. The fraction of sp³-hybridized carbons (Fsp3) is 0.167. The molecule has 0 aliphatic rings. The summed E-state index contributed by atoms with van der Waals surface area (Å²) in [4.78, 5) is 23.4. The Morgan fingerprint density at radius 3 is 2.72 bits per heavy atom. The maximum absolute atomic E-state index is 11.5. The molecule has 0 atom stereocenters. The van der Waals surface area contributed by atoms with Crippen molar-refractivity contribution in [3.8, 4) is 0 Å². The third-order valence-electron chi connectivity index (χ3n) is 2.59. The van der Waals surface area contributed by atoms with Crippen molar-refractivity contribution in [2.24, 2.45) is 0 Å². The van der Waals surface area contributed by atoms with E-state index in [4.69, 9.17) is 5.73 Å². The van der Waals surface area contributed by atoms with Crippen LogP contribution in [0, 0.1) is 0 Å². The average molecular weight is 264 g/mol. The van der Waals surface area contributed by atoms with E-state index in [-0.39, 0.29) is 5.91 Å². The number of rotatable bonds is 2. The van der Waals surface area contributed by atoms with Crippen LogP contribution in [0.25, 0.3) is 10.1 Å². The molecule has 3 N–H and O–H groups in total.